The van der Waals surface area contributed by atoms with Gasteiger partial charge in [-0.25, -0.2) is 9.97 Å². The summed E-state index contributed by atoms with van der Waals surface area (Å²) >= 11 is 27.7. The van der Waals surface area contributed by atoms with E-state index in [1.807, 2.05) is 152 Å². The van der Waals surface area contributed by atoms with E-state index in [-0.39, 0.29) is 16.8 Å². The van der Waals surface area contributed by atoms with Crippen molar-refractivity contribution in [3.8, 4) is 44.5 Å². The van der Waals surface area contributed by atoms with Crippen LogP contribution in [0.5, 0.6) is 0 Å². The first kappa shape index (κ1) is 42.1. The van der Waals surface area contributed by atoms with Crippen molar-refractivity contribution < 1.29 is 16.8 Å². The molecule has 0 saturated heterocycles. The number of para-hydroxylation sites is 1. The number of hydrogen-bond acceptors (Lipinski definition) is 3. The third-order valence-corrected chi connectivity index (χ3v) is 12.2. The quantitative estimate of drug-likeness (QED) is 0.185. The van der Waals surface area contributed by atoms with Gasteiger partial charge in [-0.2, -0.15) is 0 Å². The van der Waals surface area contributed by atoms with Gasteiger partial charge in [0, 0.05) is 115 Å². The fourth-order valence-electron chi connectivity index (χ4n) is 8.01. The molecular weight excluding hydrogens is 907 g/mol. The molecular formula is C53H33Cl4CoN5. The summed E-state index contributed by atoms with van der Waals surface area (Å²) in [6, 6.07) is 51.5. The molecule has 0 amide bonds. The summed E-state index contributed by atoms with van der Waals surface area (Å²) in [6.07, 6.45) is 9.91. The van der Waals surface area contributed by atoms with E-state index < -0.39 is 0 Å². The van der Waals surface area contributed by atoms with Gasteiger partial charge in [-0.05, 0) is 85.0 Å². The van der Waals surface area contributed by atoms with Crippen LogP contribution in [0.4, 0.5) is 0 Å². The van der Waals surface area contributed by atoms with Crippen LogP contribution in [0.3, 0.4) is 0 Å². The van der Waals surface area contributed by atoms with Gasteiger partial charge in [0.2, 0.25) is 0 Å². The summed E-state index contributed by atoms with van der Waals surface area (Å²) in [5, 5.41) is 3.63. The topological polar surface area (TPSA) is 70.2 Å². The van der Waals surface area contributed by atoms with Gasteiger partial charge in [0.1, 0.15) is 0 Å². The Kier molecular flexibility index (Phi) is 12.2. The van der Waals surface area contributed by atoms with Crippen molar-refractivity contribution in [2.45, 2.75) is 0 Å². The Bertz CT molecular complexity index is 3010. The molecule has 0 unspecified atom stereocenters. The number of pyridine rings is 1. The number of nitrogens with zero attached hydrogens (tertiary/aromatic N) is 3. The van der Waals surface area contributed by atoms with Gasteiger partial charge in [0.05, 0.1) is 28.3 Å². The van der Waals surface area contributed by atoms with Gasteiger partial charge in [-0.1, -0.05) is 143 Å². The van der Waals surface area contributed by atoms with Crippen molar-refractivity contribution in [2.75, 3.05) is 0 Å². The van der Waals surface area contributed by atoms with Crippen molar-refractivity contribution in [1.29, 1.82) is 0 Å². The normalized spacial score (nSPS) is 11.6. The van der Waals surface area contributed by atoms with Crippen LogP contribution in [-0.2, 0) is 16.8 Å². The Morgan fingerprint density at radius 2 is 0.635 bits per heavy atom. The molecule has 0 atom stereocenters. The van der Waals surface area contributed by atoms with Crippen LogP contribution in [-0.4, -0.2) is 24.9 Å². The van der Waals surface area contributed by atoms with Gasteiger partial charge in [-0.15, -0.1) is 0 Å². The van der Waals surface area contributed by atoms with Crippen molar-refractivity contribution in [3.05, 3.63) is 207 Å². The van der Waals surface area contributed by atoms with Crippen LogP contribution < -0.4 is 0 Å². The minimum atomic E-state index is 0. The molecule has 8 bridgehead atoms. The molecule has 2 aliphatic heterocycles. The zero-order valence-corrected chi connectivity index (χ0v) is 37.1. The van der Waals surface area contributed by atoms with Crippen LogP contribution in [0, 0.1) is 0 Å². The van der Waals surface area contributed by atoms with E-state index in [0.29, 0.717) is 20.1 Å². The Balaban J connectivity index is 0.000000402. The molecule has 5 aromatic carbocycles. The van der Waals surface area contributed by atoms with E-state index in [4.69, 9.17) is 56.4 Å². The predicted octanol–water partition coefficient (Wildman–Crippen LogP) is 16.2. The number of fused-ring (bicyclic) bond motifs is 9. The van der Waals surface area contributed by atoms with Crippen molar-refractivity contribution in [1.82, 2.24) is 24.9 Å². The summed E-state index contributed by atoms with van der Waals surface area (Å²) in [4.78, 5) is 22.2. The minimum absolute atomic E-state index is 0. The van der Waals surface area contributed by atoms with E-state index >= 15 is 0 Å². The molecule has 0 aliphatic carbocycles. The van der Waals surface area contributed by atoms with Crippen LogP contribution in [0.2, 0.25) is 20.1 Å². The molecule has 11 rings (SSSR count). The monoisotopic (exact) mass is 938 g/mol. The Hall–Kier alpha value is -6.22. The predicted molar refractivity (Wildman–Crippen MR) is 262 cm³/mol. The molecule has 10 heteroatoms. The van der Waals surface area contributed by atoms with Crippen molar-refractivity contribution in [2.24, 2.45) is 0 Å². The zero-order chi connectivity index (χ0) is 42.2. The summed E-state index contributed by atoms with van der Waals surface area (Å²) in [6.45, 7) is 0. The molecule has 0 spiro atoms. The minimum Gasteiger partial charge on any atom is -0.354 e. The van der Waals surface area contributed by atoms with E-state index in [2.05, 4.69) is 51.4 Å². The molecule has 5 nitrogen and oxygen atoms in total. The van der Waals surface area contributed by atoms with Crippen molar-refractivity contribution >= 4 is 104 Å². The number of hydrogen-bond donors (Lipinski definition) is 2. The molecule has 1 radical (unpaired) electrons. The van der Waals surface area contributed by atoms with Gasteiger partial charge in [-0.3, -0.25) is 4.98 Å². The smallest absolute Gasteiger partial charge is 0.0737 e. The largest absolute Gasteiger partial charge is 0.354 e. The first-order valence-corrected chi connectivity index (χ1v) is 21.4. The second-order valence-corrected chi connectivity index (χ2v) is 16.2. The number of benzene rings is 5. The first-order chi connectivity index (χ1) is 30.4. The summed E-state index contributed by atoms with van der Waals surface area (Å²) in [5.41, 5.74) is 14.2. The number of halogens is 4. The molecule has 0 saturated carbocycles. The third kappa shape index (κ3) is 8.26. The fraction of sp³-hybridized carbons (Fsp3) is 0. The summed E-state index contributed by atoms with van der Waals surface area (Å²) in [7, 11) is 0. The first-order valence-electron chi connectivity index (χ1n) is 19.9. The molecule has 6 heterocycles. The molecule has 63 heavy (non-hydrogen) atoms. The summed E-state index contributed by atoms with van der Waals surface area (Å²) in [5.74, 6) is 0. The number of nitrogens with one attached hydrogen (secondary N) is 2. The van der Waals surface area contributed by atoms with Gasteiger partial charge >= 0.3 is 0 Å². The van der Waals surface area contributed by atoms with Crippen LogP contribution >= 0.6 is 46.4 Å². The maximum atomic E-state index is 6.92. The van der Waals surface area contributed by atoms with Crippen LogP contribution in [0.25, 0.3) is 102 Å². The molecule has 2 aliphatic rings. The number of aromatic amines is 2. The molecule has 307 valence electrons. The average molecular weight is 941 g/mol. The Labute approximate surface area is 394 Å². The van der Waals surface area contributed by atoms with Crippen LogP contribution in [0.15, 0.2) is 164 Å². The second-order valence-electron chi connectivity index (χ2n) is 14.6. The number of H-pyrrole nitrogens is 2. The molecule has 2 N–H and O–H groups in total. The number of rotatable bonds is 4. The average Bonchev–Trinajstić information content (AvgIpc) is 4.15. The number of aromatic nitrogens is 5. The maximum absolute atomic E-state index is 6.92. The van der Waals surface area contributed by atoms with E-state index in [0.717, 1.165) is 94.9 Å². The molecule has 4 aromatic heterocycles. The van der Waals surface area contributed by atoms with Gasteiger partial charge in [0.25, 0.3) is 0 Å². The SMILES string of the molecule is Clc1ccccc1-c1c2nc(c(-c3ccccc3Cl)c3ccc([nH]3)c(-c3ccccc3Cl)c3nc(c(-c4ccccc4Cl)c4ccc1[nH]4)C=C3)C=C2.[Co].c1ccc2ncccc2c1. The van der Waals surface area contributed by atoms with E-state index in [9.17, 15) is 0 Å². The fourth-order valence-corrected chi connectivity index (χ4v) is 8.93. The van der Waals surface area contributed by atoms with Crippen molar-refractivity contribution in [3.63, 3.8) is 0 Å². The second kappa shape index (κ2) is 18.2. The van der Waals surface area contributed by atoms with Gasteiger partial charge < -0.3 is 9.97 Å². The van der Waals surface area contributed by atoms with Gasteiger partial charge in [0.15, 0.2) is 0 Å². The molecule has 0 fully saturated rings. The standard InChI is InChI=1S/C44H26Cl4N4.C9H7N.Co/c45-29-13-5-1-9-25(29)41-33-17-19-35(49-33)42(26-10-2-6-14-30(26)46)37-21-23-39(51-37)44(28-12-4-8-16-32(28)48)40-24-22-38(52-40)43(36-20-18-34(41)50-36)27-11-3-7-15-31(27)47;1-2-6-9-8(4-1)5-3-7-10-9;/h1-24,49,52H;1-7H;. The third-order valence-electron chi connectivity index (χ3n) is 10.8. The van der Waals surface area contributed by atoms with E-state index in [1.165, 1.54) is 5.39 Å². The molecule has 9 aromatic rings. The summed E-state index contributed by atoms with van der Waals surface area (Å²) < 4.78 is 0. The van der Waals surface area contributed by atoms with Crippen LogP contribution in [0.1, 0.15) is 22.8 Å². The zero-order valence-electron chi connectivity index (χ0n) is 33.1. The Morgan fingerprint density at radius 1 is 0.333 bits per heavy atom. The van der Waals surface area contributed by atoms with E-state index in [1.54, 1.807) is 0 Å². The Morgan fingerprint density at radius 3 is 0.968 bits per heavy atom. The maximum Gasteiger partial charge on any atom is 0.0737 e.